The maximum absolute atomic E-state index is 10.7. The van der Waals surface area contributed by atoms with Crippen molar-refractivity contribution >= 4 is 17.8 Å². The molecule has 0 saturated carbocycles. The highest BCUT2D eigenvalue weighted by Gasteiger charge is 2.33. The number of nitro groups is 1. The molecule has 0 fully saturated rings. The molecule has 2 rings (SSSR count). The summed E-state index contributed by atoms with van der Waals surface area (Å²) in [6.45, 7) is 12.8. The van der Waals surface area contributed by atoms with Gasteiger partial charge in [0.25, 0.3) is 5.69 Å². The minimum absolute atomic E-state index is 0.0861. The lowest BCUT2D eigenvalue weighted by atomic mass is 9.88. The van der Waals surface area contributed by atoms with E-state index in [0.717, 1.165) is 22.6 Å². The molecule has 132 valence electrons. The van der Waals surface area contributed by atoms with Crippen LogP contribution in [0.2, 0.25) is 0 Å². The fourth-order valence-electron chi connectivity index (χ4n) is 2.26. The summed E-state index contributed by atoms with van der Waals surface area (Å²) in [5.74, 6) is 1.87. The number of hydrogen-bond donors (Lipinski definition) is 0. The fraction of sp³-hybridized carbons (Fsp3) is 0.381. The summed E-state index contributed by atoms with van der Waals surface area (Å²) >= 11 is 0. The monoisotopic (exact) mass is 340 g/mol. The van der Waals surface area contributed by atoms with Gasteiger partial charge in [-0.2, -0.15) is 0 Å². The molecule has 25 heavy (non-hydrogen) atoms. The third kappa shape index (κ3) is 4.99. The Bertz CT molecular complexity index is 759. The van der Waals surface area contributed by atoms with E-state index in [2.05, 4.69) is 53.7 Å². The third-order valence-electron chi connectivity index (χ3n) is 3.87. The largest absolute Gasteiger partial charge is 0.335 e. The molecule has 0 aliphatic heterocycles. The molecule has 0 bridgehead atoms. The number of rotatable bonds is 3. The highest BCUT2D eigenvalue weighted by atomic mass is 16.6. The smallest absolute Gasteiger partial charge is 0.258 e. The molecule has 0 atom stereocenters. The highest BCUT2D eigenvalue weighted by molar-refractivity contribution is 5.70. The first-order valence-corrected chi connectivity index (χ1v) is 8.38. The van der Waals surface area contributed by atoms with Gasteiger partial charge in [-0.3, -0.25) is 10.1 Å². The zero-order chi connectivity index (χ0) is 18.8. The third-order valence-corrected chi connectivity index (χ3v) is 3.87. The van der Waals surface area contributed by atoms with Gasteiger partial charge in [0, 0.05) is 24.3 Å². The van der Waals surface area contributed by atoms with Crippen LogP contribution in [-0.4, -0.2) is 4.92 Å². The molecule has 0 N–H and O–H groups in total. The Balaban J connectivity index is 2.39. The Hall–Kier alpha value is -2.49. The number of non-ortho nitro benzene ring substituents is 1. The summed E-state index contributed by atoms with van der Waals surface area (Å²) in [7, 11) is 0. The first-order valence-electron chi connectivity index (χ1n) is 8.38. The standard InChI is InChI=1S/C21H26NO3/c1-20(2,3)18-13-16(14-19(25-18)21(4,5)6)8-7-15-9-11-17(12-10-15)22(23)24/h7-14H,1-6H3/q+1/b8-7+. The molecule has 0 aliphatic carbocycles. The van der Waals surface area contributed by atoms with Gasteiger partial charge in [-0.05, 0) is 64.8 Å². The van der Waals surface area contributed by atoms with E-state index in [-0.39, 0.29) is 16.5 Å². The van der Waals surface area contributed by atoms with E-state index in [4.69, 9.17) is 4.42 Å². The molecule has 1 aromatic heterocycles. The second-order valence-corrected chi connectivity index (χ2v) is 8.30. The normalized spacial score (nSPS) is 12.6. The topological polar surface area (TPSA) is 54.4 Å². The van der Waals surface area contributed by atoms with Crippen molar-refractivity contribution in [3.05, 3.63) is 69.2 Å². The molecule has 1 heterocycles. The van der Waals surface area contributed by atoms with Crippen LogP contribution in [-0.2, 0) is 10.8 Å². The molecule has 0 radical (unpaired) electrons. The second kappa shape index (κ2) is 6.79. The minimum atomic E-state index is -0.391. The molecule has 0 spiro atoms. The lowest BCUT2D eigenvalue weighted by molar-refractivity contribution is -0.384. The summed E-state index contributed by atoms with van der Waals surface area (Å²) in [6, 6.07) is 10.6. The van der Waals surface area contributed by atoms with Gasteiger partial charge in [0.15, 0.2) is 0 Å². The predicted octanol–water partition coefficient (Wildman–Crippen LogP) is 6.23. The fourth-order valence-corrected chi connectivity index (χ4v) is 2.26. The molecule has 0 aliphatic rings. The van der Waals surface area contributed by atoms with Crippen molar-refractivity contribution in [3.8, 4) is 0 Å². The van der Waals surface area contributed by atoms with E-state index in [1.54, 1.807) is 12.1 Å². The van der Waals surface area contributed by atoms with Crippen molar-refractivity contribution in [2.75, 3.05) is 0 Å². The zero-order valence-electron chi connectivity index (χ0n) is 15.8. The average Bonchev–Trinajstić information content (AvgIpc) is 2.51. The maximum atomic E-state index is 10.7. The van der Waals surface area contributed by atoms with Crippen LogP contribution in [0, 0.1) is 10.1 Å². The van der Waals surface area contributed by atoms with Crippen molar-refractivity contribution in [1.29, 1.82) is 0 Å². The Morgan fingerprint density at radius 1 is 0.840 bits per heavy atom. The second-order valence-electron chi connectivity index (χ2n) is 8.30. The summed E-state index contributed by atoms with van der Waals surface area (Å²) < 4.78 is 6.13. The van der Waals surface area contributed by atoms with Gasteiger partial charge in [-0.1, -0.05) is 12.2 Å². The summed E-state index contributed by atoms with van der Waals surface area (Å²) in [6.07, 6.45) is 3.97. The van der Waals surface area contributed by atoms with E-state index in [1.807, 2.05) is 12.2 Å². The molecule has 4 nitrogen and oxygen atoms in total. The number of hydrogen-bond acceptors (Lipinski definition) is 2. The predicted molar refractivity (Wildman–Crippen MR) is 103 cm³/mol. The minimum Gasteiger partial charge on any atom is -0.258 e. The highest BCUT2D eigenvalue weighted by Crippen LogP contribution is 2.31. The van der Waals surface area contributed by atoms with E-state index in [9.17, 15) is 10.1 Å². The van der Waals surface area contributed by atoms with E-state index >= 15 is 0 Å². The van der Waals surface area contributed by atoms with Gasteiger partial charge in [0.05, 0.1) is 15.8 Å². The van der Waals surface area contributed by atoms with Crippen LogP contribution in [0.4, 0.5) is 5.69 Å². The summed E-state index contributed by atoms with van der Waals surface area (Å²) in [5, 5.41) is 10.7. The summed E-state index contributed by atoms with van der Waals surface area (Å²) in [4.78, 5) is 10.3. The van der Waals surface area contributed by atoms with Crippen LogP contribution >= 0.6 is 0 Å². The zero-order valence-corrected chi connectivity index (χ0v) is 15.8. The van der Waals surface area contributed by atoms with Gasteiger partial charge in [-0.15, -0.1) is 0 Å². The van der Waals surface area contributed by atoms with Crippen molar-refractivity contribution < 1.29 is 9.34 Å². The van der Waals surface area contributed by atoms with Gasteiger partial charge < -0.3 is 0 Å². The number of benzene rings is 1. The van der Waals surface area contributed by atoms with Gasteiger partial charge >= 0.3 is 11.5 Å². The maximum Gasteiger partial charge on any atom is 0.335 e. The molecule has 1 aromatic carbocycles. The molecule has 2 aromatic rings. The molecule has 0 unspecified atom stereocenters. The molecule has 4 heteroatoms. The first-order chi connectivity index (χ1) is 11.5. The van der Waals surface area contributed by atoms with E-state index in [0.29, 0.717) is 0 Å². The van der Waals surface area contributed by atoms with Gasteiger partial charge in [0.2, 0.25) is 0 Å². The SMILES string of the molecule is CC(C)(C)c1cc(/C=C/c2ccc([N+](=O)[O-])cc2)cc(C(C)(C)C)[o+]1. The van der Waals surface area contributed by atoms with Crippen LogP contribution in [0.3, 0.4) is 0 Å². The molecule has 0 saturated heterocycles. The lowest BCUT2D eigenvalue weighted by Crippen LogP contribution is -2.16. The van der Waals surface area contributed by atoms with Crippen molar-refractivity contribution in [3.63, 3.8) is 0 Å². The quantitative estimate of drug-likeness (QED) is 0.378. The number of nitro benzene ring substituents is 1. The Morgan fingerprint density at radius 3 is 1.68 bits per heavy atom. The Kier molecular flexibility index (Phi) is 5.12. The van der Waals surface area contributed by atoms with E-state index < -0.39 is 4.92 Å². The van der Waals surface area contributed by atoms with Crippen molar-refractivity contribution in [2.45, 2.75) is 52.4 Å². The van der Waals surface area contributed by atoms with Crippen LogP contribution in [0.5, 0.6) is 0 Å². The first kappa shape index (κ1) is 18.8. The average molecular weight is 340 g/mol. The molecule has 0 amide bonds. The van der Waals surface area contributed by atoms with Crippen LogP contribution in [0.25, 0.3) is 12.2 Å². The van der Waals surface area contributed by atoms with Crippen LogP contribution in [0.1, 0.15) is 64.2 Å². The van der Waals surface area contributed by atoms with E-state index in [1.165, 1.54) is 12.1 Å². The van der Waals surface area contributed by atoms with Crippen molar-refractivity contribution in [2.24, 2.45) is 0 Å². The molecular weight excluding hydrogens is 314 g/mol. The van der Waals surface area contributed by atoms with Crippen LogP contribution in [0.15, 0.2) is 40.8 Å². The Morgan fingerprint density at radius 2 is 1.28 bits per heavy atom. The molecular formula is C21H26NO3+. The van der Waals surface area contributed by atoms with Gasteiger partial charge in [-0.25, -0.2) is 4.42 Å². The summed E-state index contributed by atoms with van der Waals surface area (Å²) in [5.41, 5.74) is 1.90. The van der Waals surface area contributed by atoms with Crippen molar-refractivity contribution in [1.82, 2.24) is 0 Å². The Labute approximate surface area is 149 Å². The van der Waals surface area contributed by atoms with Crippen LogP contribution < -0.4 is 0 Å². The van der Waals surface area contributed by atoms with Gasteiger partial charge in [0.1, 0.15) is 0 Å². The lowest BCUT2D eigenvalue weighted by Gasteiger charge is -2.14. The number of nitrogens with zero attached hydrogens (tertiary/aromatic N) is 1.